The molecule has 9 nitrogen and oxygen atoms in total. The van der Waals surface area contributed by atoms with Gasteiger partial charge in [-0.25, -0.2) is 13.2 Å². The number of aromatic nitrogens is 1. The molecule has 1 aromatic heterocycles. The van der Waals surface area contributed by atoms with E-state index >= 15 is 0 Å². The summed E-state index contributed by atoms with van der Waals surface area (Å²) < 4.78 is 30.3. The lowest BCUT2D eigenvalue weighted by Gasteiger charge is -2.11. The van der Waals surface area contributed by atoms with Crippen molar-refractivity contribution in [1.82, 2.24) is 4.57 Å². The average Bonchev–Trinajstić information content (AvgIpc) is 2.80. The zero-order chi connectivity index (χ0) is 18.4. The fraction of sp³-hybridized carbons (Fsp3) is 0.133. The quantitative estimate of drug-likeness (QED) is 0.556. The molecule has 0 fully saturated rings. The van der Waals surface area contributed by atoms with Crippen molar-refractivity contribution in [3.8, 4) is 0 Å². The zero-order valence-corrected chi connectivity index (χ0v) is 14.0. The van der Waals surface area contributed by atoms with Gasteiger partial charge in [-0.05, 0) is 18.2 Å². The topological polar surface area (TPSA) is 124 Å². The van der Waals surface area contributed by atoms with Crippen molar-refractivity contribution in [3.63, 3.8) is 0 Å². The molecule has 1 N–H and O–H groups in total. The molecule has 0 unspecified atom stereocenters. The van der Waals surface area contributed by atoms with Gasteiger partial charge in [0.1, 0.15) is 0 Å². The van der Waals surface area contributed by atoms with E-state index in [9.17, 15) is 23.3 Å². The van der Waals surface area contributed by atoms with Gasteiger partial charge >= 0.3 is 5.76 Å². The molecule has 0 amide bonds. The summed E-state index contributed by atoms with van der Waals surface area (Å²) in [6.07, 6.45) is 0.969. The highest BCUT2D eigenvalue weighted by Gasteiger charge is 2.19. The third-order valence-corrected chi connectivity index (χ3v) is 4.78. The van der Waals surface area contributed by atoms with Crippen LogP contribution in [-0.2, 0) is 16.9 Å². The second-order valence-corrected chi connectivity index (χ2v) is 7.43. The molecule has 0 aliphatic rings. The van der Waals surface area contributed by atoms with Gasteiger partial charge in [-0.15, -0.1) is 0 Å². The third-order valence-electron chi connectivity index (χ3n) is 3.65. The van der Waals surface area contributed by atoms with Crippen LogP contribution in [0.4, 0.5) is 17.1 Å². The molecule has 1 heterocycles. The molecule has 0 saturated heterocycles. The summed E-state index contributed by atoms with van der Waals surface area (Å²) in [6, 6.07) is 8.36. The number of non-ortho nitro benzene ring substituents is 1. The van der Waals surface area contributed by atoms with Crippen molar-refractivity contribution in [1.29, 1.82) is 0 Å². The number of nitro benzene ring substituents is 1. The summed E-state index contributed by atoms with van der Waals surface area (Å²) in [5, 5.41) is 13.8. The maximum absolute atomic E-state index is 12.0. The Bertz CT molecular complexity index is 1160. The molecule has 0 bridgehead atoms. The van der Waals surface area contributed by atoms with E-state index in [1.54, 1.807) is 25.2 Å². The first-order valence-electron chi connectivity index (χ1n) is 7.02. The number of rotatable bonds is 4. The first-order valence-corrected chi connectivity index (χ1v) is 8.91. The highest BCUT2D eigenvalue weighted by molar-refractivity contribution is 7.90. The normalized spacial score (nSPS) is 11.6. The van der Waals surface area contributed by atoms with Crippen LogP contribution in [0.25, 0.3) is 11.1 Å². The molecule has 0 radical (unpaired) electrons. The van der Waals surface area contributed by atoms with Crippen molar-refractivity contribution in [2.45, 2.75) is 4.90 Å². The number of nitrogens with one attached hydrogen (secondary N) is 1. The lowest BCUT2D eigenvalue weighted by Crippen LogP contribution is -2.08. The molecule has 3 aromatic rings. The van der Waals surface area contributed by atoms with Gasteiger partial charge in [0.15, 0.2) is 15.4 Å². The summed E-state index contributed by atoms with van der Waals surface area (Å²) >= 11 is 0. The number of hydrogen-bond donors (Lipinski definition) is 1. The molecular weight excluding hydrogens is 350 g/mol. The summed E-state index contributed by atoms with van der Waals surface area (Å²) in [7, 11) is -2.13. The smallest absolute Gasteiger partial charge is 0.408 e. The summed E-state index contributed by atoms with van der Waals surface area (Å²) in [5.41, 5.74) is 1.25. The maximum Gasteiger partial charge on any atom is 0.419 e. The van der Waals surface area contributed by atoms with Gasteiger partial charge in [-0.1, -0.05) is 0 Å². The highest BCUT2D eigenvalue weighted by atomic mass is 32.2. The second kappa shape index (κ2) is 5.74. The van der Waals surface area contributed by atoms with Crippen LogP contribution in [0.15, 0.2) is 50.5 Å². The van der Waals surface area contributed by atoms with Crippen LogP contribution < -0.4 is 11.1 Å². The minimum atomic E-state index is -3.70. The van der Waals surface area contributed by atoms with Crippen molar-refractivity contribution in [2.24, 2.45) is 7.05 Å². The molecule has 0 atom stereocenters. The van der Waals surface area contributed by atoms with Gasteiger partial charge in [0.05, 0.1) is 21.0 Å². The highest BCUT2D eigenvalue weighted by Crippen LogP contribution is 2.30. The van der Waals surface area contributed by atoms with Crippen LogP contribution in [0.3, 0.4) is 0 Å². The van der Waals surface area contributed by atoms with E-state index in [0.29, 0.717) is 16.8 Å². The number of nitrogens with zero attached hydrogens (tertiary/aromatic N) is 2. The fourth-order valence-electron chi connectivity index (χ4n) is 2.40. The number of anilines is 2. The van der Waals surface area contributed by atoms with Gasteiger partial charge in [-0.2, -0.15) is 0 Å². The molecule has 0 aliphatic heterocycles. The van der Waals surface area contributed by atoms with Gasteiger partial charge in [0, 0.05) is 37.2 Å². The Morgan fingerprint density at radius 1 is 1.20 bits per heavy atom. The molecule has 10 heteroatoms. The number of sulfone groups is 1. The Balaban J connectivity index is 2.08. The van der Waals surface area contributed by atoms with Gasteiger partial charge in [0.2, 0.25) is 0 Å². The molecule has 0 aliphatic carbocycles. The van der Waals surface area contributed by atoms with E-state index in [0.717, 1.165) is 12.3 Å². The van der Waals surface area contributed by atoms with E-state index in [1.165, 1.54) is 16.7 Å². The van der Waals surface area contributed by atoms with Gasteiger partial charge < -0.3 is 9.73 Å². The lowest BCUT2D eigenvalue weighted by molar-refractivity contribution is -0.385. The molecule has 130 valence electrons. The lowest BCUT2D eigenvalue weighted by atomic mass is 10.2. The predicted octanol–water partition coefficient (Wildman–Crippen LogP) is 2.19. The Labute approximate surface area is 141 Å². The maximum atomic E-state index is 12.0. The van der Waals surface area contributed by atoms with Gasteiger partial charge in [-0.3, -0.25) is 14.7 Å². The van der Waals surface area contributed by atoms with E-state index < -0.39 is 20.5 Å². The number of fused-ring (bicyclic) bond motifs is 1. The number of hydrogen-bond acceptors (Lipinski definition) is 7. The van der Waals surface area contributed by atoms with Crippen LogP contribution in [0.5, 0.6) is 0 Å². The Morgan fingerprint density at radius 2 is 1.92 bits per heavy atom. The number of nitro groups is 1. The SMILES string of the molecule is Cn1c(=O)oc2cc(Nc3ccc([N+](=O)[O-])cc3S(C)(=O)=O)ccc21. The molecule has 3 rings (SSSR count). The van der Waals surface area contributed by atoms with Gasteiger partial charge in [0.25, 0.3) is 5.69 Å². The summed E-state index contributed by atoms with van der Waals surface area (Å²) in [6.45, 7) is 0. The van der Waals surface area contributed by atoms with Crippen molar-refractivity contribution in [2.75, 3.05) is 11.6 Å². The standard InChI is InChI=1S/C15H13N3O6S/c1-17-12-6-3-9(7-13(12)24-15(17)19)16-11-5-4-10(18(20)21)8-14(11)25(2,22)23/h3-8,16H,1-2H3. The first-order chi connectivity index (χ1) is 11.7. The fourth-order valence-corrected chi connectivity index (χ4v) is 3.26. The molecule has 0 saturated carbocycles. The average molecular weight is 363 g/mol. The predicted molar refractivity (Wildman–Crippen MR) is 90.9 cm³/mol. The van der Waals surface area contributed by atoms with E-state index in [-0.39, 0.29) is 16.3 Å². The van der Waals surface area contributed by atoms with Crippen LogP contribution in [0, 0.1) is 10.1 Å². The molecule has 25 heavy (non-hydrogen) atoms. The monoisotopic (exact) mass is 363 g/mol. The number of benzene rings is 2. The third kappa shape index (κ3) is 3.11. The van der Waals surface area contributed by atoms with E-state index in [4.69, 9.17) is 4.42 Å². The summed E-state index contributed by atoms with van der Waals surface area (Å²) in [5.74, 6) is -0.515. The van der Waals surface area contributed by atoms with Crippen LogP contribution >= 0.6 is 0 Å². The van der Waals surface area contributed by atoms with Crippen LogP contribution in [0.1, 0.15) is 0 Å². The first kappa shape index (κ1) is 16.7. The summed E-state index contributed by atoms with van der Waals surface area (Å²) in [4.78, 5) is 21.5. The van der Waals surface area contributed by atoms with Crippen molar-refractivity contribution >= 4 is 38.0 Å². The number of aryl methyl sites for hydroxylation is 1. The van der Waals surface area contributed by atoms with Crippen LogP contribution in [-0.4, -0.2) is 24.2 Å². The number of oxazole rings is 1. The van der Waals surface area contributed by atoms with E-state index in [2.05, 4.69) is 5.32 Å². The molecule has 0 spiro atoms. The minimum absolute atomic E-state index is 0.186. The largest absolute Gasteiger partial charge is 0.419 e. The van der Waals surface area contributed by atoms with Crippen LogP contribution in [0.2, 0.25) is 0 Å². The second-order valence-electron chi connectivity index (χ2n) is 5.44. The Morgan fingerprint density at radius 3 is 2.56 bits per heavy atom. The molecule has 2 aromatic carbocycles. The van der Waals surface area contributed by atoms with Crippen molar-refractivity contribution in [3.05, 3.63) is 57.1 Å². The minimum Gasteiger partial charge on any atom is -0.408 e. The Kier molecular flexibility index (Phi) is 3.84. The van der Waals surface area contributed by atoms with E-state index in [1.807, 2.05) is 0 Å². The Hall–Kier alpha value is -3.14. The van der Waals surface area contributed by atoms with Crippen molar-refractivity contribution < 1.29 is 17.8 Å². The molecular formula is C15H13N3O6S. The zero-order valence-electron chi connectivity index (χ0n) is 13.2.